The average molecular weight is 292 g/mol. The third-order valence-corrected chi connectivity index (χ3v) is 3.46. The molecule has 1 aromatic rings. The second kappa shape index (κ2) is 11.1. The highest BCUT2D eigenvalue weighted by atomic mass is 16.1. The number of amides is 1. The monoisotopic (exact) mass is 292 g/mol. The molecule has 1 rings (SSSR count). The number of carbonyl (C=O) groups excluding carboxylic acids is 1. The van der Waals surface area contributed by atoms with E-state index < -0.39 is 0 Å². The Bertz CT molecular complexity index is 392. The van der Waals surface area contributed by atoms with Gasteiger partial charge in [-0.2, -0.15) is 0 Å². The van der Waals surface area contributed by atoms with Gasteiger partial charge in [0.15, 0.2) is 0 Å². The SMILES string of the molecule is CCCCCCCCCCNC(=O)c1cnc(NC)cn1. The maximum atomic E-state index is 11.8. The molecule has 0 bridgehead atoms. The van der Waals surface area contributed by atoms with Gasteiger partial charge in [-0.15, -0.1) is 0 Å². The second-order valence-corrected chi connectivity index (χ2v) is 5.27. The molecule has 0 saturated heterocycles. The molecule has 118 valence electrons. The molecule has 0 fully saturated rings. The first-order valence-electron chi connectivity index (χ1n) is 8.06. The van der Waals surface area contributed by atoms with Crippen molar-refractivity contribution in [3.63, 3.8) is 0 Å². The van der Waals surface area contributed by atoms with Crippen molar-refractivity contribution in [1.29, 1.82) is 0 Å². The molecule has 5 nitrogen and oxygen atoms in total. The number of hydrogen-bond acceptors (Lipinski definition) is 4. The van der Waals surface area contributed by atoms with Crippen LogP contribution in [0.15, 0.2) is 12.4 Å². The number of aromatic nitrogens is 2. The van der Waals surface area contributed by atoms with Gasteiger partial charge < -0.3 is 10.6 Å². The smallest absolute Gasteiger partial charge is 0.271 e. The van der Waals surface area contributed by atoms with Crippen molar-refractivity contribution < 1.29 is 4.79 Å². The molecule has 2 N–H and O–H groups in total. The summed E-state index contributed by atoms with van der Waals surface area (Å²) in [6.07, 6.45) is 13.2. The first-order chi connectivity index (χ1) is 10.3. The van der Waals surface area contributed by atoms with E-state index in [1.807, 2.05) is 0 Å². The van der Waals surface area contributed by atoms with Gasteiger partial charge in [0.1, 0.15) is 11.5 Å². The zero-order valence-corrected chi connectivity index (χ0v) is 13.3. The highest BCUT2D eigenvalue weighted by Gasteiger charge is 2.06. The molecule has 5 heteroatoms. The standard InChI is InChI=1S/C16H28N4O/c1-3-4-5-6-7-8-9-10-11-18-16(21)14-12-20-15(17-2)13-19-14/h12-13H,3-11H2,1-2H3,(H,17,20)(H,18,21). The van der Waals surface area contributed by atoms with Crippen molar-refractivity contribution in [3.05, 3.63) is 18.1 Å². The Kier molecular flexibility index (Phi) is 9.16. The summed E-state index contributed by atoms with van der Waals surface area (Å²) >= 11 is 0. The molecule has 0 aliphatic heterocycles. The van der Waals surface area contributed by atoms with Crippen molar-refractivity contribution in [2.45, 2.75) is 58.3 Å². The fourth-order valence-electron chi connectivity index (χ4n) is 2.13. The Hall–Kier alpha value is -1.65. The van der Waals surface area contributed by atoms with Crippen LogP contribution in [-0.2, 0) is 0 Å². The molecule has 1 aromatic heterocycles. The highest BCUT2D eigenvalue weighted by molar-refractivity contribution is 5.91. The van der Waals surface area contributed by atoms with Gasteiger partial charge >= 0.3 is 0 Å². The minimum absolute atomic E-state index is 0.145. The van der Waals surface area contributed by atoms with Crippen LogP contribution in [0.25, 0.3) is 0 Å². The Morgan fingerprint density at radius 2 is 1.67 bits per heavy atom. The lowest BCUT2D eigenvalue weighted by Crippen LogP contribution is -2.25. The predicted octanol–water partition coefficient (Wildman–Crippen LogP) is 3.39. The van der Waals surface area contributed by atoms with Crippen LogP contribution in [-0.4, -0.2) is 29.5 Å². The van der Waals surface area contributed by atoms with E-state index in [0.29, 0.717) is 18.1 Å². The molecule has 0 unspecified atom stereocenters. The van der Waals surface area contributed by atoms with Gasteiger partial charge in [0, 0.05) is 13.6 Å². The van der Waals surface area contributed by atoms with Gasteiger partial charge in [0.05, 0.1) is 12.4 Å². The topological polar surface area (TPSA) is 66.9 Å². The average Bonchev–Trinajstić information content (AvgIpc) is 2.53. The van der Waals surface area contributed by atoms with Gasteiger partial charge in [-0.25, -0.2) is 9.97 Å². The van der Waals surface area contributed by atoms with Crippen molar-refractivity contribution in [3.8, 4) is 0 Å². The van der Waals surface area contributed by atoms with Crippen LogP contribution in [0.3, 0.4) is 0 Å². The molecule has 1 heterocycles. The normalized spacial score (nSPS) is 10.4. The summed E-state index contributed by atoms with van der Waals surface area (Å²) in [6, 6.07) is 0. The summed E-state index contributed by atoms with van der Waals surface area (Å²) in [7, 11) is 1.77. The number of unbranched alkanes of at least 4 members (excludes halogenated alkanes) is 7. The predicted molar refractivity (Wildman–Crippen MR) is 86.5 cm³/mol. The lowest BCUT2D eigenvalue weighted by Gasteiger charge is -2.05. The summed E-state index contributed by atoms with van der Waals surface area (Å²) < 4.78 is 0. The zero-order chi connectivity index (χ0) is 15.3. The third-order valence-electron chi connectivity index (χ3n) is 3.46. The molecular weight excluding hydrogens is 264 g/mol. The first-order valence-corrected chi connectivity index (χ1v) is 8.06. The summed E-state index contributed by atoms with van der Waals surface area (Å²) in [5.41, 5.74) is 0.369. The Balaban J connectivity index is 2.05. The number of rotatable bonds is 11. The van der Waals surface area contributed by atoms with Crippen LogP contribution in [0.5, 0.6) is 0 Å². The lowest BCUT2D eigenvalue weighted by molar-refractivity contribution is 0.0947. The minimum atomic E-state index is -0.145. The zero-order valence-electron chi connectivity index (χ0n) is 13.3. The maximum Gasteiger partial charge on any atom is 0.271 e. The van der Waals surface area contributed by atoms with E-state index in [0.717, 1.165) is 6.42 Å². The van der Waals surface area contributed by atoms with Gasteiger partial charge in [0.2, 0.25) is 0 Å². The molecule has 0 aliphatic carbocycles. The summed E-state index contributed by atoms with van der Waals surface area (Å²) in [5.74, 6) is 0.516. The summed E-state index contributed by atoms with van der Waals surface area (Å²) in [5, 5.41) is 5.76. The molecule has 21 heavy (non-hydrogen) atoms. The molecule has 0 aliphatic rings. The van der Waals surface area contributed by atoms with Gasteiger partial charge in [-0.1, -0.05) is 51.9 Å². The van der Waals surface area contributed by atoms with Crippen molar-refractivity contribution in [2.75, 3.05) is 18.9 Å². The number of nitrogens with zero attached hydrogens (tertiary/aromatic N) is 2. The number of carbonyl (C=O) groups is 1. The van der Waals surface area contributed by atoms with Crippen molar-refractivity contribution >= 4 is 11.7 Å². The quantitative estimate of drug-likeness (QED) is 0.613. The fourth-order valence-corrected chi connectivity index (χ4v) is 2.13. The van der Waals surface area contributed by atoms with Crippen LogP contribution in [0, 0.1) is 0 Å². The molecule has 1 amide bonds. The lowest BCUT2D eigenvalue weighted by atomic mass is 10.1. The minimum Gasteiger partial charge on any atom is -0.372 e. The van der Waals surface area contributed by atoms with Gasteiger partial charge in [-0.3, -0.25) is 4.79 Å². The van der Waals surface area contributed by atoms with E-state index in [1.165, 1.54) is 51.1 Å². The molecule has 0 radical (unpaired) electrons. The van der Waals surface area contributed by atoms with Gasteiger partial charge in [0.25, 0.3) is 5.91 Å². The number of hydrogen-bond donors (Lipinski definition) is 2. The largest absolute Gasteiger partial charge is 0.372 e. The summed E-state index contributed by atoms with van der Waals surface area (Å²) in [6.45, 7) is 2.95. The molecule has 0 aromatic carbocycles. The van der Waals surface area contributed by atoms with Gasteiger partial charge in [-0.05, 0) is 6.42 Å². The van der Waals surface area contributed by atoms with E-state index in [9.17, 15) is 4.79 Å². The molecule has 0 saturated carbocycles. The van der Waals surface area contributed by atoms with Crippen LogP contribution < -0.4 is 10.6 Å². The van der Waals surface area contributed by atoms with E-state index in [4.69, 9.17) is 0 Å². The van der Waals surface area contributed by atoms with E-state index in [2.05, 4.69) is 27.5 Å². The first kappa shape index (κ1) is 17.4. The second-order valence-electron chi connectivity index (χ2n) is 5.27. The molecule has 0 spiro atoms. The maximum absolute atomic E-state index is 11.8. The van der Waals surface area contributed by atoms with Crippen LogP contribution in [0.1, 0.15) is 68.8 Å². The van der Waals surface area contributed by atoms with E-state index >= 15 is 0 Å². The third kappa shape index (κ3) is 7.63. The Morgan fingerprint density at radius 3 is 2.24 bits per heavy atom. The van der Waals surface area contributed by atoms with E-state index in [1.54, 1.807) is 13.2 Å². The van der Waals surface area contributed by atoms with Crippen LogP contribution in [0.2, 0.25) is 0 Å². The number of nitrogens with one attached hydrogen (secondary N) is 2. The Morgan fingerprint density at radius 1 is 1.00 bits per heavy atom. The highest BCUT2D eigenvalue weighted by Crippen LogP contribution is 2.08. The van der Waals surface area contributed by atoms with Crippen LogP contribution in [0.4, 0.5) is 5.82 Å². The van der Waals surface area contributed by atoms with Crippen molar-refractivity contribution in [2.24, 2.45) is 0 Å². The van der Waals surface area contributed by atoms with Crippen LogP contribution >= 0.6 is 0 Å². The van der Waals surface area contributed by atoms with Crippen molar-refractivity contribution in [1.82, 2.24) is 15.3 Å². The van der Waals surface area contributed by atoms with E-state index in [-0.39, 0.29) is 5.91 Å². The Labute approximate surface area is 128 Å². The number of anilines is 1. The molecular formula is C16H28N4O. The summed E-state index contributed by atoms with van der Waals surface area (Å²) in [4.78, 5) is 20.0. The fraction of sp³-hybridized carbons (Fsp3) is 0.688. The molecule has 0 atom stereocenters.